The van der Waals surface area contributed by atoms with E-state index in [1.165, 1.54) is 18.2 Å². The number of aromatic nitrogens is 1. The van der Waals surface area contributed by atoms with E-state index in [9.17, 15) is 13.2 Å². The van der Waals surface area contributed by atoms with Gasteiger partial charge < -0.3 is 9.88 Å². The lowest BCUT2D eigenvalue weighted by Gasteiger charge is -2.10. The van der Waals surface area contributed by atoms with Crippen LogP contribution in [0.25, 0.3) is 10.9 Å². The minimum atomic E-state index is -3.76. The van der Waals surface area contributed by atoms with Crippen LogP contribution < -0.4 is 10.0 Å². The quantitative estimate of drug-likeness (QED) is 0.587. The van der Waals surface area contributed by atoms with Gasteiger partial charge in [-0.1, -0.05) is 25.8 Å². The van der Waals surface area contributed by atoms with E-state index < -0.39 is 10.0 Å². The third-order valence-electron chi connectivity index (χ3n) is 4.36. The van der Waals surface area contributed by atoms with Crippen molar-refractivity contribution in [1.82, 2.24) is 9.29 Å². The van der Waals surface area contributed by atoms with Crippen molar-refractivity contribution in [3.8, 4) is 12.3 Å². The summed E-state index contributed by atoms with van der Waals surface area (Å²) in [7, 11) is -3.76. The van der Waals surface area contributed by atoms with Crippen LogP contribution in [-0.2, 0) is 16.6 Å². The highest BCUT2D eigenvalue weighted by Crippen LogP contribution is 2.22. The molecule has 6 nitrogen and oxygen atoms in total. The molecule has 0 bridgehead atoms. The molecule has 2 N–H and O–H groups in total. The molecule has 1 amide bonds. The summed E-state index contributed by atoms with van der Waals surface area (Å²) in [4.78, 5) is 12.6. The maximum Gasteiger partial charge on any atom is 0.255 e. The summed E-state index contributed by atoms with van der Waals surface area (Å²) in [5.74, 6) is 2.36. The average Bonchev–Trinajstić information content (AvgIpc) is 3.08. The van der Waals surface area contributed by atoms with Crippen LogP contribution in [0.4, 0.5) is 5.69 Å². The SMILES string of the molecule is C#CCNS(=O)(=O)c1cccc(C(=O)Nc2ccc3c(ccn3CC(C)C)c2)c1. The van der Waals surface area contributed by atoms with Gasteiger partial charge in [0.25, 0.3) is 5.91 Å². The third-order valence-corrected chi connectivity index (χ3v) is 5.76. The number of nitrogens with one attached hydrogen (secondary N) is 2. The van der Waals surface area contributed by atoms with E-state index in [0.29, 0.717) is 11.6 Å². The summed E-state index contributed by atoms with van der Waals surface area (Å²) in [5.41, 5.74) is 1.99. The number of carbonyl (C=O) groups is 1. The Morgan fingerprint density at radius 3 is 2.69 bits per heavy atom. The zero-order valence-corrected chi connectivity index (χ0v) is 17.2. The Balaban J connectivity index is 1.80. The van der Waals surface area contributed by atoms with Crippen molar-refractivity contribution in [2.45, 2.75) is 25.3 Å². The van der Waals surface area contributed by atoms with Gasteiger partial charge in [-0.05, 0) is 48.4 Å². The van der Waals surface area contributed by atoms with Crippen molar-refractivity contribution < 1.29 is 13.2 Å². The molecule has 0 saturated carbocycles. The van der Waals surface area contributed by atoms with Crippen LogP contribution in [0, 0.1) is 18.3 Å². The predicted molar refractivity (Wildman–Crippen MR) is 115 cm³/mol. The van der Waals surface area contributed by atoms with E-state index >= 15 is 0 Å². The first-order valence-electron chi connectivity index (χ1n) is 9.23. The summed E-state index contributed by atoms with van der Waals surface area (Å²) in [6.07, 6.45) is 7.14. The van der Waals surface area contributed by atoms with Crippen molar-refractivity contribution in [3.05, 3.63) is 60.3 Å². The van der Waals surface area contributed by atoms with E-state index in [4.69, 9.17) is 6.42 Å². The zero-order chi connectivity index (χ0) is 21.0. The molecule has 0 saturated heterocycles. The fourth-order valence-electron chi connectivity index (χ4n) is 3.06. The summed E-state index contributed by atoms with van der Waals surface area (Å²) in [6, 6.07) is 13.5. The number of carbonyl (C=O) groups excluding carboxylic acids is 1. The van der Waals surface area contributed by atoms with Crippen molar-refractivity contribution in [3.63, 3.8) is 0 Å². The first-order chi connectivity index (χ1) is 13.8. The molecule has 0 atom stereocenters. The van der Waals surface area contributed by atoms with Gasteiger partial charge in [0, 0.05) is 34.9 Å². The molecule has 1 aromatic heterocycles. The topological polar surface area (TPSA) is 80.2 Å². The van der Waals surface area contributed by atoms with Gasteiger partial charge >= 0.3 is 0 Å². The molecule has 0 aliphatic rings. The number of anilines is 1. The van der Waals surface area contributed by atoms with Crippen molar-refractivity contribution >= 4 is 32.5 Å². The molecule has 0 fully saturated rings. The van der Waals surface area contributed by atoms with Crippen LogP contribution in [0.3, 0.4) is 0 Å². The lowest BCUT2D eigenvalue weighted by atomic mass is 10.2. The Kier molecular flexibility index (Phi) is 6.06. The van der Waals surface area contributed by atoms with Crippen LogP contribution in [0.15, 0.2) is 59.6 Å². The lowest BCUT2D eigenvalue weighted by molar-refractivity contribution is 0.102. The van der Waals surface area contributed by atoms with Gasteiger partial charge in [-0.3, -0.25) is 4.79 Å². The second-order valence-corrected chi connectivity index (χ2v) is 8.91. The number of hydrogen-bond acceptors (Lipinski definition) is 3. The Labute approximate surface area is 171 Å². The third kappa shape index (κ3) is 4.86. The number of benzene rings is 2. The van der Waals surface area contributed by atoms with Crippen LogP contribution in [0.5, 0.6) is 0 Å². The summed E-state index contributed by atoms with van der Waals surface area (Å²) in [6.45, 7) is 5.13. The molecule has 0 radical (unpaired) electrons. The van der Waals surface area contributed by atoms with Crippen LogP contribution >= 0.6 is 0 Å². The zero-order valence-electron chi connectivity index (χ0n) is 16.3. The van der Waals surface area contributed by atoms with Gasteiger partial charge in [0.1, 0.15) is 0 Å². The van der Waals surface area contributed by atoms with E-state index in [0.717, 1.165) is 17.4 Å². The molecular weight excluding hydrogens is 386 g/mol. The molecule has 0 unspecified atom stereocenters. The molecular formula is C22H23N3O3S. The maximum absolute atomic E-state index is 12.6. The largest absolute Gasteiger partial charge is 0.347 e. The molecule has 150 valence electrons. The fourth-order valence-corrected chi connectivity index (χ4v) is 4.04. The normalized spacial score (nSPS) is 11.5. The van der Waals surface area contributed by atoms with E-state index in [1.807, 2.05) is 30.5 Å². The molecule has 29 heavy (non-hydrogen) atoms. The molecule has 2 aromatic carbocycles. The molecule has 1 heterocycles. The number of hydrogen-bond donors (Lipinski definition) is 2. The number of nitrogens with zero attached hydrogens (tertiary/aromatic N) is 1. The van der Waals surface area contributed by atoms with Crippen molar-refractivity contribution in [1.29, 1.82) is 0 Å². The monoisotopic (exact) mass is 409 g/mol. The van der Waals surface area contributed by atoms with E-state index in [2.05, 4.69) is 34.4 Å². The highest BCUT2D eigenvalue weighted by atomic mass is 32.2. The first kappa shape index (κ1) is 20.6. The van der Waals surface area contributed by atoms with Crippen LogP contribution in [0.2, 0.25) is 0 Å². The Hall–Kier alpha value is -3.08. The molecule has 3 rings (SSSR count). The van der Waals surface area contributed by atoms with Gasteiger partial charge in [-0.2, -0.15) is 4.72 Å². The minimum Gasteiger partial charge on any atom is -0.347 e. The highest BCUT2D eigenvalue weighted by molar-refractivity contribution is 7.89. The van der Waals surface area contributed by atoms with Crippen molar-refractivity contribution in [2.24, 2.45) is 5.92 Å². The average molecular weight is 410 g/mol. The Bertz CT molecular complexity index is 1190. The van der Waals surface area contributed by atoms with Gasteiger partial charge in [-0.25, -0.2) is 8.42 Å². The smallest absolute Gasteiger partial charge is 0.255 e. The first-order valence-corrected chi connectivity index (χ1v) is 10.7. The second-order valence-electron chi connectivity index (χ2n) is 7.15. The number of fused-ring (bicyclic) bond motifs is 1. The van der Waals surface area contributed by atoms with Crippen LogP contribution in [0.1, 0.15) is 24.2 Å². The maximum atomic E-state index is 12.6. The molecule has 0 spiro atoms. The minimum absolute atomic E-state index is 0.0124. The summed E-state index contributed by atoms with van der Waals surface area (Å²) >= 11 is 0. The van der Waals surface area contributed by atoms with Crippen molar-refractivity contribution in [2.75, 3.05) is 11.9 Å². The second kappa shape index (κ2) is 8.52. The van der Waals surface area contributed by atoms with Crippen LogP contribution in [-0.4, -0.2) is 25.4 Å². The van der Waals surface area contributed by atoms with E-state index in [1.54, 1.807) is 6.07 Å². The standard InChI is InChI=1S/C22H23N3O3S/c1-4-11-23-29(27,28)20-7-5-6-18(14-20)22(26)24-19-8-9-21-17(13-19)10-12-25(21)15-16(2)3/h1,5-10,12-14,16,23H,11,15H2,2-3H3,(H,24,26). The fraction of sp³-hybridized carbons (Fsp3) is 0.227. The summed E-state index contributed by atoms with van der Waals surface area (Å²) in [5, 5.41) is 3.85. The predicted octanol–water partition coefficient (Wildman–Crippen LogP) is 3.46. The molecule has 7 heteroatoms. The lowest BCUT2D eigenvalue weighted by Crippen LogP contribution is -2.24. The van der Waals surface area contributed by atoms with E-state index in [-0.39, 0.29) is 22.9 Å². The highest BCUT2D eigenvalue weighted by Gasteiger charge is 2.16. The van der Waals surface area contributed by atoms with Gasteiger partial charge in [0.2, 0.25) is 10.0 Å². The Morgan fingerprint density at radius 1 is 1.17 bits per heavy atom. The molecule has 3 aromatic rings. The summed E-state index contributed by atoms with van der Waals surface area (Å²) < 4.78 is 28.9. The van der Waals surface area contributed by atoms with Gasteiger partial charge in [-0.15, -0.1) is 6.42 Å². The number of rotatable bonds is 7. The number of terminal acetylenes is 1. The number of amides is 1. The number of sulfonamides is 1. The Morgan fingerprint density at radius 2 is 1.97 bits per heavy atom. The van der Waals surface area contributed by atoms with Gasteiger partial charge in [0.15, 0.2) is 0 Å². The molecule has 0 aliphatic heterocycles. The molecule has 0 aliphatic carbocycles. The van der Waals surface area contributed by atoms with Gasteiger partial charge in [0.05, 0.1) is 11.4 Å².